The van der Waals surface area contributed by atoms with Crippen LogP contribution in [0.2, 0.25) is 0 Å². The van der Waals surface area contributed by atoms with Crippen molar-refractivity contribution in [3.63, 3.8) is 0 Å². The van der Waals surface area contributed by atoms with Crippen LogP contribution in [0.5, 0.6) is 5.75 Å². The zero-order chi connectivity index (χ0) is 13.3. The lowest BCUT2D eigenvalue weighted by molar-refractivity contribution is -0.150. The Bertz CT molecular complexity index is 428. The second kappa shape index (κ2) is 4.73. The van der Waals surface area contributed by atoms with Gasteiger partial charge in [-0.25, -0.2) is 0 Å². The number of benzene rings is 1. The molecule has 1 aliphatic carbocycles. The van der Waals surface area contributed by atoms with Crippen molar-refractivity contribution < 1.29 is 14.3 Å². The highest BCUT2D eigenvalue weighted by Gasteiger charge is 2.41. The Hall–Kier alpha value is -1.35. The largest absolute Gasteiger partial charge is 0.487 e. The van der Waals surface area contributed by atoms with E-state index in [2.05, 4.69) is 32.9 Å². The Morgan fingerprint density at radius 2 is 1.78 bits per heavy atom. The Morgan fingerprint density at radius 1 is 1.17 bits per heavy atom. The minimum absolute atomic E-state index is 0.119. The van der Waals surface area contributed by atoms with Crippen LogP contribution in [0.1, 0.15) is 32.8 Å². The lowest BCUT2D eigenvalue weighted by Gasteiger charge is -2.33. The molecule has 0 aliphatic heterocycles. The lowest BCUT2D eigenvalue weighted by atomic mass is 9.87. The zero-order valence-electron chi connectivity index (χ0n) is 11.4. The van der Waals surface area contributed by atoms with Crippen molar-refractivity contribution in [1.82, 2.24) is 0 Å². The van der Waals surface area contributed by atoms with Crippen LogP contribution < -0.4 is 4.74 Å². The second-order valence-electron chi connectivity index (χ2n) is 5.76. The van der Waals surface area contributed by atoms with Crippen LogP contribution in [-0.4, -0.2) is 25.1 Å². The van der Waals surface area contributed by atoms with Crippen molar-refractivity contribution in [2.75, 3.05) is 7.11 Å². The van der Waals surface area contributed by atoms with Crippen molar-refractivity contribution >= 4 is 5.78 Å². The van der Waals surface area contributed by atoms with Crippen molar-refractivity contribution in [3.8, 4) is 5.75 Å². The van der Waals surface area contributed by atoms with Gasteiger partial charge in [0.2, 0.25) is 0 Å². The van der Waals surface area contributed by atoms with E-state index < -0.39 is 6.10 Å². The third-order valence-corrected chi connectivity index (χ3v) is 3.32. The second-order valence-corrected chi connectivity index (χ2v) is 5.76. The first-order chi connectivity index (χ1) is 8.41. The maximum absolute atomic E-state index is 11.2. The summed E-state index contributed by atoms with van der Waals surface area (Å²) in [7, 11) is 1.54. The fourth-order valence-electron chi connectivity index (χ4n) is 2.06. The maximum atomic E-state index is 11.2. The van der Waals surface area contributed by atoms with Crippen molar-refractivity contribution in [2.24, 2.45) is 0 Å². The van der Waals surface area contributed by atoms with Gasteiger partial charge in [0, 0.05) is 13.5 Å². The van der Waals surface area contributed by atoms with E-state index in [-0.39, 0.29) is 17.3 Å². The van der Waals surface area contributed by atoms with E-state index in [0.29, 0.717) is 6.42 Å². The van der Waals surface area contributed by atoms with E-state index in [0.717, 1.165) is 5.75 Å². The third-order valence-electron chi connectivity index (χ3n) is 3.32. The van der Waals surface area contributed by atoms with Crippen LogP contribution in [0.4, 0.5) is 0 Å². The van der Waals surface area contributed by atoms with E-state index in [9.17, 15) is 4.79 Å². The van der Waals surface area contributed by atoms with E-state index >= 15 is 0 Å². The summed E-state index contributed by atoms with van der Waals surface area (Å²) in [5.41, 5.74) is 1.41. The molecule has 2 atom stereocenters. The van der Waals surface area contributed by atoms with Gasteiger partial charge in [0.05, 0.1) is 0 Å². The van der Waals surface area contributed by atoms with E-state index in [1.165, 1.54) is 5.56 Å². The predicted molar refractivity (Wildman–Crippen MR) is 70.0 cm³/mol. The van der Waals surface area contributed by atoms with Gasteiger partial charge in [0.25, 0.3) is 0 Å². The average Bonchev–Trinajstić information content (AvgIpc) is 2.28. The Labute approximate surface area is 108 Å². The summed E-state index contributed by atoms with van der Waals surface area (Å²) < 4.78 is 10.8. The molecule has 0 amide bonds. The molecule has 0 radical (unpaired) electrons. The minimum atomic E-state index is -0.396. The van der Waals surface area contributed by atoms with E-state index in [1.807, 2.05) is 12.1 Å². The molecule has 0 N–H and O–H groups in total. The summed E-state index contributed by atoms with van der Waals surface area (Å²) in [6, 6.07) is 8.04. The fraction of sp³-hybridized carbons (Fsp3) is 0.533. The van der Waals surface area contributed by atoms with Gasteiger partial charge in [-0.2, -0.15) is 0 Å². The molecule has 2 rings (SSSR count). The molecule has 0 saturated heterocycles. The minimum Gasteiger partial charge on any atom is -0.487 e. The number of carbonyl (C=O) groups is 1. The molecule has 3 heteroatoms. The van der Waals surface area contributed by atoms with Crippen molar-refractivity contribution in [1.29, 1.82) is 0 Å². The smallest absolute Gasteiger partial charge is 0.169 e. The average molecular weight is 248 g/mol. The number of methoxy groups -OCH3 is 1. The van der Waals surface area contributed by atoms with Crippen LogP contribution in [-0.2, 0) is 14.9 Å². The molecule has 0 aromatic heterocycles. The van der Waals surface area contributed by atoms with Gasteiger partial charge in [-0.1, -0.05) is 32.9 Å². The quantitative estimate of drug-likeness (QED) is 0.825. The number of ether oxygens (including phenoxy) is 2. The summed E-state index contributed by atoms with van der Waals surface area (Å²) in [6.07, 6.45) is -0.0882. The molecule has 98 valence electrons. The molecule has 1 saturated carbocycles. The molecule has 18 heavy (non-hydrogen) atoms. The highest BCUT2D eigenvalue weighted by Crippen LogP contribution is 2.28. The Kier molecular flexibility index (Phi) is 3.44. The summed E-state index contributed by atoms with van der Waals surface area (Å²) in [6.45, 7) is 6.53. The van der Waals surface area contributed by atoms with Gasteiger partial charge in [0.1, 0.15) is 11.9 Å². The molecule has 2 unspecified atom stereocenters. The number of hydrogen-bond acceptors (Lipinski definition) is 3. The monoisotopic (exact) mass is 248 g/mol. The predicted octanol–water partition coefficient (Wildman–Crippen LogP) is 2.72. The number of ketones is 1. The number of rotatable bonds is 3. The number of Topliss-reactive ketones (excluding diaryl/α,β-unsaturated/α-hetero) is 1. The molecular weight excluding hydrogens is 228 g/mol. The summed E-state index contributed by atoms with van der Waals surface area (Å²) in [4.78, 5) is 11.2. The molecule has 0 heterocycles. The topological polar surface area (TPSA) is 35.5 Å². The summed E-state index contributed by atoms with van der Waals surface area (Å²) in [5.74, 6) is 0.913. The van der Waals surface area contributed by atoms with Crippen molar-refractivity contribution in [3.05, 3.63) is 29.8 Å². The van der Waals surface area contributed by atoms with E-state index in [4.69, 9.17) is 9.47 Å². The van der Waals surface area contributed by atoms with Crippen LogP contribution in [0.15, 0.2) is 24.3 Å². The SMILES string of the molecule is COC1C(=O)CC1Oc1ccc(C(C)(C)C)cc1. The Balaban J connectivity index is 2.01. The van der Waals surface area contributed by atoms with Gasteiger partial charge in [0.15, 0.2) is 11.9 Å². The van der Waals surface area contributed by atoms with Gasteiger partial charge >= 0.3 is 0 Å². The molecular formula is C15H20O3. The summed E-state index contributed by atoms with van der Waals surface area (Å²) >= 11 is 0. The Morgan fingerprint density at radius 3 is 2.22 bits per heavy atom. The van der Waals surface area contributed by atoms with Gasteiger partial charge in [-0.15, -0.1) is 0 Å². The molecule has 0 spiro atoms. The van der Waals surface area contributed by atoms with Crippen LogP contribution in [0, 0.1) is 0 Å². The number of hydrogen-bond donors (Lipinski definition) is 0. The first-order valence-electron chi connectivity index (χ1n) is 6.24. The van der Waals surface area contributed by atoms with Crippen LogP contribution in [0.3, 0.4) is 0 Å². The normalized spacial score (nSPS) is 23.7. The molecule has 1 aromatic rings. The molecule has 1 fully saturated rings. The first kappa shape index (κ1) is 13.1. The van der Waals surface area contributed by atoms with Gasteiger partial charge in [-0.05, 0) is 23.1 Å². The highest BCUT2D eigenvalue weighted by atomic mass is 16.5. The highest BCUT2D eigenvalue weighted by molar-refractivity contribution is 5.90. The number of carbonyl (C=O) groups excluding carboxylic acids is 1. The first-order valence-corrected chi connectivity index (χ1v) is 6.24. The van der Waals surface area contributed by atoms with E-state index in [1.54, 1.807) is 7.11 Å². The molecule has 3 nitrogen and oxygen atoms in total. The molecule has 1 aromatic carbocycles. The van der Waals surface area contributed by atoms with Gasteiger partial charge in [-0.3, -0.25) is 4.79 Å². The maximum Gasteiger partial charge on any atom is 0.169 e. The van der Waals surface area contributed by atoms with Crippen LogP contribution >= 0.6 is 0 Å². The lowest BCUT2D eigenvalue weighted by Crippen LogP contribution is -2.51. The fourth-order valence-corrected chi connectivity index (χ4v) is 2.06. The molecule has 1 aliphatic rings. The van der Waals surface area contributed by atoms with Crippen LogP contribution in [0.25, 0.3) is 0 Å². The van der Waals surface area contributed by atoms with Crippen molar-refractivity contribution in [2.45, 2.75) is 44.8 Å². The zero-order valence-corrected chi connectivity index (χ0v) is 11.4. The standard InChI is InChI=1S/C15H20O3/c1-15(2,3)10-5-7-11(8-6-10)18-13-9-12(16)14(13)17-4/h5-8,13-14H,9H2,1-4H3. The summed E-state index contributed by atoms with van der Waals surface area (Å²) in [5, 5.41) is 0. The third kappa shape index (κ3) is 2.56. The molecule has 0 bridgehead atoms. The van der Waals surface area contributed by atoms with Gasteiger partial charge < -0.3 is 9.47 Å².